The van der Waals surface area contributed by atoms with Crippen molar-refractivity contribution in [3.63, 3.8) is 0 Å². The van der Waals surface area contributed by atoms with Gasteiger partial charge in [-0.1, -0.05) is 12.1 Å². The van der Waals surface area contributed by atoms with Crippen molar-refractivity contribution in [3.8, 4) is 11.6 Å². The maximum atomic E-state index is 11.2. The van der Waals surface area contributed by atoms with Crippen LogP contribution in [0.3, 0.4) is 0 Å². The number of aromatic nitrogens is 1. The van der Waals surface area contributed by atoms with Crippen molar-refractivity contribution in [2.24, 2.45) is 0 Å². The average Bonchev–Trinajstić information content (AvgIpc) is 2.40. The van der Waals surface area contributed by atoms with Crippen molar-refractivity contribution in [1.29, 1.82) is 0 Å². The Labute approximate surface area is 120 Å². The van der Waals surface area contributed by atoms with Crippen LogP contribution in [0.15, 0.2) is 30.3 Å². The van der Waals surface area contributed by atoms with E-state index >= 15 is 0 Å². The number of carboxylic acid groups (broad SMARTS) is 1. The van der Waals surface area contributed by atoms with Gasteiger partial charge in [0.1, 0.15) is 11.3 Å². The molecule has 2 aromatic rings. The smallest absolute Gasteiger partial charge is 0.339 e. The predicted octanol–water partition coefficient (Wildman–Crippen LogP) is 3.10. The van der Waals surface area contributed by atoms with Gasteiger partial charge < -0.3 is 9.84 Å². The summed E-state index contributed by atoms with van der Waals surface area (Å²) in [5.41, 5.74) is 0.682. The van der Waals surface area contributed by atoms with Crippen LogP contribution in [0.25, 0.3) is 0 Å². The lowest BCUT2D eigenvalue weighted by atomic mass is 10.1. The van der Waals surface area contributed by atoms with Crippen LogP contribution in [0.2, 0.25) is 0 Å². The number of carbonyl (C=O) groups is 1. The molecule has 0 amide bonds. The summed E-state index contributed by atoms with van der Waals surface area (Å²) in [4.78, 5) is 25.6. The molecule has 0 unspecified atom stereocenters. The summed E-state index contributed by atoms with van der Waals surface area (Å²) < 4.78 is 5.44. The van der Waals surface area contributed by atoms with Gasteiger partial charge in [-0.2, -0.15) is 0 Å². The highest BCUT2D eigenvalue weighted by Crippen LogP contribution is 2.33. The van der Waals surface area contributed by atoms with Gasteiger partial charge >= 0.3 is 11.7 Å². The zero-order valence-corrected chi connectivity index (χ0v) is 11.4. The van der Waals surface area contributed by atoms with Crippen molar-refractivity contribution in [2.45, 2.75) is 13.8 Å². The highest BCUT2D eigenvalue weighted by molar-refractivity contribution is 5.91. The summed E-state index contributed by atoms with van der Waals surface area (Å²) >= 11 is 0. The fraction of sp³-hybridized carbons (Fsp3) is 0.143. The third kappa shape index (κ3) is 2.97. The van der Waals surface area contributed by atoms with Crippen LogP contribution < -0.4 is 4.74 Å². The van der Waals surface area contributed by atoms with Gasteiger partial charge in [-0.05, 0) is 31.5 Å². The minimum Gasteiger partial charge on any atom is -0.478 e. The Morgan fingerprint density at radius 2 is 2.00 bits per heavy atom. The number of nitrogens with zero attached hydrogens (tertiary/aromatic N) is 2. The first-order chi connectivity index (χ1) is 9.90. The maximum absolute atomic E-state index is 11.2. The number of rotatable bonds is 4. The molecule has 0 aliphatic heterocycles. The van der Waals surface area contributed by atoms with E-state index < -0.39 is 10.9 Å². The van der Waals surface area contributed by atoms with E-state index in [0.29, 0.717) is 11.3 Å². The van der Waals surface area contributed by atoms with E-state index in [1.54, 1.807) is 26.0 Å². The molecule has 0 atom stereocenters. The number of benzene rings is 1. The topological polar surface area (TPSA) is 103 Å². The Bertz CT molecular complexity index is 727. The number of aryl methyl sites for hydroxylation is 2. The van der Waals surface area contributed by atoms with E-state index in [2.05, 4.69) is 4.98 Å². The normalized spacial score (nSPS) is 10.2. The van der Waals surface area contributed by atoms with E-state index in [9.17, 15) is 14.9 Å². The first-order valence-electron chi connectivity index (χ1n) is 6.03. The molecule has 21 heavy (non-hydrogen) atoms. The molecule has 0 aliphatic rings. The Balaban J connectivity index is 2.55. The maximum Gasteiger partial charge on any atom is 0.339 e. The second-order valence-corrected chi connectivity index (χ2v) is 4.39. The summed E-state index contributed by atoms with van der Waals surface area (Å²) in [6, 6.07) is 7.36. The van der Waals surface area contributed by atoms with Crippen LogP contribution in [0.1, 0.15) is 21.6 Å². The summed E-state index contributed by atoms with van der Waals surface area (Å²) in [6.45, 7) is 3.32. The lowest BCUT2D eigenvalue weighted by Crippen LogP contribution is -2.04. The lowest BCUT2D eigenvalue weighted by molar-refractivity contribution is -0.386. The third-order valence-corrected chi connectivity index (χ3v) is 2.82. The van der Waals surface area contributed by atoms with E-state index in [0.717, 1.165) is 0 Å². The molecule has 7 heteroatoms. The van der Waals surface area contributed by atoms with Crippen molar-refractivity contribution in [2.75, 3.05) is 0 Å². The molecule has 1 heterocycles. The van der Waals surface area contributed by atoms with Gasteiger partial charge in [0.05, 0.1) is 4.92 Å². The molecular formula is C14H12N2O5. The van der Waals surface area contributed by atoms with Crippen LogP contribution in [0.5, 0.6) is 11.6 Å². The molecule has 0 aliphatic carbocycles. The van der Waals surface area contributed by atoms with E-state index in [4.69, 9.17) is 9.84 Å². The Hall–Kier alpha value is -2.96. The quantitative estimate of drug-likeness (QED) is 0.685. The molecule has 0 bridgehead atoms. The van der Waals surface area contributed by atoms with Crippen LogP contribution in [-0.4, -0.2) is 21.0 Å². The van der Waals surface area contributed by atoms with E-state index in [1.165, 1.54) is 18.2 Å². The molecule has 1 N–H and O–H groups in total. The molecule has 2 rings (SSSR count). The number of para-hydroxylation sites is 1. The van der Waals surface area contributed by atoms with Gasteiger partial charge in [0, 0.05) is 11.8 Å². The van der Waals surface area contributed by atoms with Gasteiger partial charge in [-0.25, -0.2) is 9.78 Å². The highest BCUT2D eigenvalue weighted by Gasteiger charge is 2.21. The number of carboxylic acids is 1. The number of hydrogen-bond donors (Lipinski definition) is 1. The molecule has 0 radical (unpaired) electrons. The van der Waals surface area contributed by atoms with Gasteiger partial charge in [0.15, 0.2) is 0 Å². The lowest BCUT2D eigenvalue weighted by Gasteiger charge is -2.11. The van der Waals surface area contributed by atoms with Crippen LogP contribution in [0, 0.1) is 24.0 Å². The minimum atomic E-state index is -1.18. The van der Waals surface area contributed by atoms with E-state index in [1.807, 2.05) is 0 Å². The molecule has 7 nitrogen and oxygen atoms in total. The largest absolute Gasteiger partial charge is 0.478 e. The number of pyridine rings is 1. The van der Waals surface area contributed by atoms with Crippen molar-refractivity contribution >= 4 is 11.7 Å². The van der Waals surface area contributed by atoms with Crippen molar-refractivity contribution in [3.05, 3.63) is 57.3 Å². The fourth-order valence-electron chi connectivity index (χ4n) is 1.79. The summed E-state index contributed by atoms with van der Waals surface area (Å²) in [7, 11) is 0. The molecule has 1 aromatic heterocycles. The molecule has 1 aromatic carbocycles. The standard InChI is InChI=1S/C14H12N2O5/c1-8-4-3-5-10(14(17)18)12(8)21-13-11(16(19)20)7-6-9(2)15-13/h3-7H,1-2H3,(H,17,18). The van der Waals surface area contributed by atoms with Gasteiger partial charge in [-0.3, -0.25) is 10.1 Å². The first kappa shape index (κ1) is 14.4. The Morgan fingerprint density at radius 3 is 2.62 bits per heavy atom. The van der Waals surface area contributed by atoms with Crippen LogP contribution >= 0.6 is 0 Å². The second kappa shape index (κ2) is 5.58. The average molecular weight is 288 g/mol. The van der Waals surface area contributed by atoms with Crippen molar-refractivity contribution < 1.29 is 19.6 Å². The summed E-state index contributed by atoms with van der Waals surface area (Å²) in [5.74, 6) is -1.35. The van der Waals surface area contributed by atoms with Gasteiger partial charge in [0.25, 0.3) is 5.88 Å². The van der Waals surface area contributed by atoms with E-state index in [-0.39, 0.29) is 22.9 Å². The summed E-state index contributed by atoms with van der Waals surface area (Å²) in [6.07, 6.45) is 0. The molecular weight excluding hydrogens is 276 g/mol. The molecule has 108 valence electrons. The van der Waals surface area contributed by atoms with Gasteiger partial charge in [0.2, 0.25) is 0 Å². The molecule has 0 fully saturated rings. The van der Waals surface area contributed by atoms with Crippen LogP contribution in [-0.2, 0) is 0 Å². The zero-order valence-electron chi connectivity index (χ0n) is 11.4. The number of hydrogen-bond acceptors (Lipinski definition) is 5. The number of aromatic carboxylic acids is 1. The summed E-state index contributed by atoms with van der Waals surface area (Å²) in [5, 5.41) is 20.2. The fourth-order valence-corrected chi connectivity index (χ4v) is 1.79. The van der Waals surface area contributed by atoms with Gasteiger partial charge in [-0.15, -0.1) is 0 Å². The predicted molar refractivity (Wildman–Crippen MR) is 73.8 cm³/mol. The number of nitro groups is 1. The second-order valence-electron chi connectivity index (χ2n) is 4.39. The highest BCUT2D eigenvalue weighted by atomic mass is 16.6. The first-order valence-corrected chi connectivity index (χ1v) is 6.03. The SMILES string of the molecule is Cc1ccc([N+](=O)[O-])c(Oc2c(C)cccc2C(=O)O)n1. The molecule has 0 saturated heterocycles. The third-order valence-electron chi connectivity index (χ3n) is 2.82. The Kier molecular flexibility index (Phi) is 3.84. The molecule has 0 spiro atoms. The Morgan fingerprint density at radius 1 is 1.29 bits per heavy atom. The van der Waals surface area contributed by atoms with Crippen LogP contribution in [0.4, 0.5) is 5.69 Å². The molecule has 0 saturated carbocycles. The van der Waals surface area contributed by atoms with Crippen molar-refractivity contribution in [1.82, 2.24) is 4.98 Å². The number of ether oxygens (including phenoxy) is 1. The minimum absolute atomic E-state index is 0.0474. The zero-order chi connectivity index (χ0) is 15.6. The monoisotopic (exact) mass is 288 g/mol.